The van der Waals surface area contributed by atoms with Crippen molar-refractivity contribution in [2.45, 2.75) is 77.7 Å². The minimum atomic E-state index is -0.808. The van der Waals surface area contributed by atoms with Crippen molar-refractivity contribution in [1.29, 1.82) is 0 Å². The molecule has 0 heterocycles. The van der Waals surface area contributed by atoms with Gasteiger partial charge in [0.15, 0.2) is 0 Å². The molecule has 0 fully saturated rings. The number of primary amides is 1. The summed E-state index contributed by atoms with van der Waals surface area (Å²) in [5, 5.41) is 21.8. The van der Waals surface area contributed by atoms with Gasteiger partial charge in [-0.3, -0.25) is 14.9 Å². The van der Waals surface area contributed by atoms with Crippen molar-refractivity contribution in [1.82, 2.24) is 10.6 Å². The highest BCUT2D eigenvalue weighted by atomic mass is 16.6. The van der Waals surface area contributed by atoms with E-state index in [9.17, 15) is 19.2 Å². The van der Waals surface area contributed by atoms with Crippen LogP contribution in [0.1, 0.15) is 54.4 Å². The lowest BCUT2D eigenvalue weighted by atomic mass is 10.2. The molecule has 0 aromatic carbocycles. The third-order valence-electron chi connectivity index (χ3n) is 2.71. The number of amides is 4. The molecule has 0 aromatic heterocycles. The maximum absolute atomic E-state index is 11.2. The van der Waals surface area contributed by atoms with Gasteiger partial charge in [-0.25, -0.2) is 9.59 Å². The average molecular weight is 437 g/mol. The molecule has 12 heteroatoms. The maximum atomic E-state index is 11.2. The topological polar surface area (TPSA) is 203 Å². The quantitative estimate of drug-likeness (QED) is 0.304. The molecule has 0 aliphatic rings. The fourth-order valence-electron chi connectivity index (χ4n) is 1.65. The van der Waals surface area contributed by atoms with Crippen molar-refractivity contribution in [3.8, 4) is 0 Å². The fourth-order valence-corrected chi connectivity index (χ4v) is 1.65. The van der Waals surface area contributed by atoms with Gasteiger partial charge in [0.05, 0.1) is 19.3 Å². The lowest BCUT2D eigenvalue weighted by Crippen LogP contribution is -2.42. The summed E-state index contributed by atoms with van der Waals surface area (Å²) in [6, 6.07) is -1.36. The van der Waals surface area contributed by atoms with E-state index in [1.54, 1.807) is 41.5 Å². The lowest BCUT2D eigenvalue weighted by Gasteiger charge is -2.22. The summed E-state index contributed by atoms with van der Waals surface area (Å²) in [5.41, 5.74) is 8.98. The van der Waals surface area contributed by atoms with Gasteiger partial charge in [0.2, 0.25) is 11.8 Å². The number of aliphatic hydroxyl groups excluding tert-OH is 2. The van der Waals surface area contributed by atoms with E-state index in [4.69, 9.17) is 31.2 Å². The Morgan fingerprint density at radius 1 is 0.867 bits per heavy atom. The molecule has 2 atom stereocenters. The molecule has 0 radical (unpaired) electrons. The molecule has 0 unspecified atom stereocenters. The van der Waals surface area contributed by atoms with Gasteiger partial charge < -0.3 is 36.5 Å². The summed E-state index contributed by atoms with van der Waals surface area (Å²) in [5.74, 6) is -1.16. The third kappa shape index (κ3) is 20.3. The SMILES string of the molecule is CC(C)(C)OC(=O)NC(=O)C[C@@H](N)CO.CC(C)(C)OC(=O)N[C@@H](CO)CC(N)=O. The van der Waals surface area contributed by atoms with Crippen LogP contribution in [0, 0.1) is 0 Å². The smallest absolute Gasteiger partial charge is 0.414 e. The summed E-state index contributed by atoms with van der Waals surface area (Å²) < 4.78 is 9.79. The number of hydrogen-bond acceptors (Lipinski definition) is 9. The second-order valence-corrected chi connectivity index (χ2v) is 8.39. The first-order valence-electron chi connectivity index (χ1n) is 9.27. The van der Waals surface area contributed by atoms with E-state index in [1.807, 2.05) is 5.32 Å². The summed E-state index contributed by atoms with van der Waals surface area (Å²) in [6.45, 7) is 9.56. The highest BCUT2D eigenvalue weighted by Crippen LogP contribution is 2.07. The summed E-state index contributed by atoms with van der Waals surface area (Å²) in [6.07, 6.45) is -1.72. The zero-order chi connectivity index (χ0) is 24.1. The van der Waals surface area contributed by atoms with Gasteiger partial charge in [-0.2, -0.15) is 0 Å². The van der Waals surface area contributed by atoms with Crippen LogP contribution >= 0.6 is 0 Å². The van der Waals surface area contributed by atoms with Gasteiger partial charge in [0.1, 0.15) is 11.2 Å². The molecule has 12 nitrogen and oxygen atoms in total. The lowest BCUT2D eigenvalue weighted by molar-refractivity contribution is -0.121. The molecule has 0 bridgehead atoms. The van der Waals surface area contributed by atoms with Crippen LogP contribution in [0.25, 0.3) is 0 Å². The second kappa shape index (κ2) is 13.7. The number of alkyl carbamates (subject to hydrolysis) is 2. The van der Waals surface area contributed by atoms with Crippen LogP contribution in [0.4, 0.5) is 9.59 Å². The predicted molar refractivity (Wildman–Crippen MR) is 108 cm³/mol. The van der Waals surface area contributed by atoms with Gasteiger partial charge in [0.25, 0.3) is 0 Å². The van der Waals surface area contributed by atoms with Gasteiger partial charge in [-0.05, 0) is 41.5 Å². The van der Waals surface area contributed by atoms with Crippen LogP contribution in [0.2, 0.25) is 0 Å². The Kier molecular flexibility index (Phi) is 13.6. The Morgan fingerprint density at radius 3 is 1.70 bits per heavy atom. The zero-order valence-corrected chi connectivity index (χ0v) is 18.5. The van der Waals surface area contributed by atoms with Crippen molar-refractivity contribution in [2.24, 2.45) is 11.5 Å². The minimum Gasteiger partial charge on any atom is -0.444 e. The van der Waals surface area contributed by atoms with Crippen molar-refractivity contribution in [3.05, 3.63) is 0 Å². The maximum Gasteiger partial charge on any atom is 0.414 e. The van der Waals surface area contributed by atoms with Crippen molar-refractivity contribution < 1.29 is 38.9 Å². The number of hydrogen-bond donors (Lipinski definition) is 6. The van der Waals surface area contributed by atoms with Crippen molar-refractivity contribution in [2.75, 3.05) is 13.2 Å². The van der Waals surface area contributed by atoms with Crippen LogP contribution < -0.4 is 22.1 Å². The number of aliphatic hydroxyl groups is 2. The molecule has 0 aliphatic carbocycles. The summed E-state index contributed by atoms with van der Waals surface area (Å²) in [4.78, 5) is 44.0. The van der Waals surface area contributed by atoms with Gasteiger partial charge in [-0.1, -0.05) is 0 Å². The molecule has 0 rings (SSSR count). The molecule has 4 amide bonds. The Morgan fingerprint density at radius 2 is 1.33 bits per heavy atom. The predicted octanol–water partition coefficient (Wildman–Crippen LogP) is -0.505. The summed E-state index contributed by atoms with van der Waals surface area (Å²) >= 11 is 0. The van der Waals surface area contributed by atoms with Crippen LogP contribution in [0.15, 0.2) is 0 Å². The Balaban J connectivity index is 0. The molecule has 30 heavy (non-hydrogen) atoms. The number of imide groups is 1. The van der Waals surface area contributed by atoms with Gasteiger partial charge >= 0.3 is 12.2 Å². The highest BCUT2D eigenvalue weighted by molar-refractivity contribution is 5.92. The standard InChI is InChI=1S/2C9H18N2O4/c1-9(2,3)15-8(14)11-6(5-12)4-7(10)13;1-9(2,3)15-8(14)11-7(13)4-6(10)5-12/h6,12H,4-5H2,1-3H3,(H2,10,13)(H,11,14);6,12H,4-5,10H2,1-3H3,(H,11,13,14)/t2*6-/m11/s1. The molecular formula is C18H36N4O8. The van der Waals surface area contributed by atoms with E-state index in [0.29, 0.717) is 0 Å². The van der Waals surface area contributed by atoms with E-state index in [1.165, 1.54) is 0 Å². The van der Waals surface area contributed by atoms with Crippen molar-refractivity contribution in [3.63, 3.8) is 0 Å². The van der Waals surface area contributed by atoms with E-state index in [2.05, 4.69) is 5.32 Å². The molecule has 0 aliphatic heterocycles. The molecular weight excluding hydrogens is 400 g/mol. The minimum absolute atomic E-state index is 0.115. The van der Waals surface area contributed by atoms with Crippen LogP contribution in [0.3, 0.4) is 0 Å². The zero-order valence-electron chi connectivity index (χ0n) is 18.5. The Labute approximate surface area is 176 Å². The first-order chi connectivity index (χ1) is 13.5. The summed E-state index contributed by atoms with van der Waals surface area (Å²) in [7, 11) is 0. The Bertz CT molecular complexity index is 570. The van der Waals surface area contributed by atoms with Crippen LogP contribution in [-0.2, 0) is 19.1 Å². The molecule has 0 saturated heterocycles. The monoisotopic (exact) mass is 436 g/mol. The largest absolute Gasteiger partial charge is 0.444 e. The number of carbonyl (C=O) groups excluding carboxylic acids is 4. The molecule has 176 valence electrons. The van der Waals surface area contributed by atoms with Crippen LogP contribution in [0.5, 0.6) is 0 Å². The molecule has 0 aromatic rings. The number of ether oxygens (including phenoxy) is 2. The number of carbonyl (C=O) groups is 4. The third-order valence-corrected chi connectivity index (χ3v) is 2.71. The Hall–Kier alpha value is -2.44. The molecule has 0 spiro atoms. The van der Waals surface area contributed by atoms with Crippen molar-refractivity contribution >= 4 is 24.0 Å². The first kappa shape index (κ1) is 29.8. The van der Waals surface area contributed by atoms with Gasteiger partial charge in [-0.15, -0.1) is 0 Å². The van der Waals surface area contributed by atoms with E-state index < -0.39 is 47.3 Å². The van der Waals surface area contributed by atoms with Crippen LogP contribution in [-0.4, -0.2) is 70.7 Å². The van der Waals surface area contributed by atoms with Gasteiger partial charge in [0, 0.05) is 18.9 Å². The molecule has 0 saturated carbocycles. The van der Waals surface area contributed by atoms with E-state index in [-0.39, 0.29) is 26.1 Å². The number of nitrogens with one attached hydrogen (secondary N) is 2. The average Bonchev–Trinajstić information content (AvgIpc) is 2.50. The normalized spacial score (nSPS) is 13.1. The highest BCUT2D eigenvalue weighted by Gasteiger charge is 2.20. The van der Waals surface area contributed by atoms with E-state index in [0.717, 1.165) is 0 Å². The molecule has 8 N–H and O–H groups in total. The first-order valence-corrected chi connectivity index (χ1v) is 9.27. The number of nitrogens with two attached hydrogens (primary N) is 2. The number of rotatable bonds is 7. The van der Waals surface area contributed by atoms with E-state index >= 15 is 0 Å². The fraction of sp³-hybridized carbons (Fsp3) is 0.778. The second-order valence-electron chi connectivity index (χ2n) is 8.39.